The molecule has 0 radical (unpaired) electrons. The van der Waals surface area contributed by atoms with E-state index < -0.39 is 0 Å². The lowest BCUT2D eigenvalue weighted by molar-refractivity contribution is 0.0698. The molecular weight excluding hydrogens is 328 g/mol. The topological polar surface area (TPSA) is 63.3 Å². The summed E-state index contributed by atoms with van der Waals surface area (Å²) in [4.78, 5) is 15.1. The van der Waals surface area contributed by atoms with Gasteiger partial charge in [0.2, 0.25) is 0 Å². The van der Waals surface area contributed by atoms with E-state index in [2.05, 4.69) is 10.4 Å². The molecule has 0 atom stereocenters. The summed E-state index contributed by atoms with van der Waals surface area (Å²) in [7, 11) is 1.97. The highest BCUT2D eigenvalue weighted by Gasteiger charge is 2.26. The van der Waals surface area contributed by atoms with Gasteiger partial charge in [-0.1, -0.05) is 18.2 Å². The fourth-order valence-corrected chi connectivity index (χ4v) is 3.38. The highest BCUT2D eigenvalue weighted by Crippen LogP contribution is 2.24. The summed E-state index contributed by atoms with van der Waals surface area (Å²) in [5, 5.41) is 7.93. The van der Waals surface area contributed by atoms with Crippen molar-refractivity contribution in [2.24, 2.45) is 0 Å². The van der Waals surface area contributed by atoms with Crippen LogP contribution in [0.1, 0.15) is 23.3 Å². The molecule has 6 nitrogen and oxygen atoms in total. The molecule has 6 heteroatoms. The Morgan fingerprint density at radius 2 is 1.92 bits per heavy atom. The van der Waals surface area contributed by atoms with Crippen molar-refractivity contribution in [1.82, 2.24) is 20.0 Å². The van der Waals surface area contributed by atoms with E-state index in [-0.39, 0.29) is 5.91 Å². The number of hydrogen-bond acceptors (Lipinski definition) is 4. The molecule has 1 fully saturated rings. The van der Waals surface area contributed by atoms with Crippen molar-refractivity contribution >= 4 is 5.91 Å². The van der Waals surface area contributed by atoms with Crippen molar-refractivity contribution in [2.75, 3.05) is 20.1 Å². The Hall–Kier alpha value is -2.86. The number of benzene rings is 1. The van der Waals surface area contributed by atoms with Gasteiger partial charge < -0.3 is 14.6 Å². The van der Waals surface area contributed by atoms with Gasteiger partial charge in [-0.25, -0.2) is 4.68 Å². The largest absolute Gasteiger partial charge is 0.463 e. The van der Waals surface area contributed by atoms with Crippen LogP contribution >= 0.6 is 0 Å². The predicted octanol–water partition coefficient (Wildman–Crippen LogP) is 2.96. The number of nitrogens with one attached hydrogen (secondary N) is 1. The maximum Gasteiger partial charge on any atom is 0.272 e. The Labute approximate surface area is 152 Å². The number of nitrogens with zero attached hydrogens (tertiary/aromatic N) is 3. The first-order chi connectivity index (χ1) is 12.8. The van der Waals surface area contributed by atoms with Crippen LogP contribution in [0.5, 0.6) is 0 Å². The Morgan fingerprint density at radius 3 is 2.58 bits per heavy atom. The van der Waals surface area contributed by atoms with Gasteiger partial charge >= 0.3 is 0 Å². The van der Waals surface area contributed by atoms with E-state index >= 15 is 0 Å². The number of rotatable bonds is 4. The smallest absolute Gasteiger partial charge is 0.272 e. The zero-order valence-corrected chi connectivity index (χ0v) is 14.8. The van der Waals surface area contributed by atoms with Crippen molar-refractivity contribution in [3.8, 4) is 17.1 Å². The molecule has 26 heavy (non-hydrogen) atoms. The van der Waals surface area contributed by atoms with Crippen LogP contribution in [0.15, 0.2) is 59.2 Å². The van der Waals surface area contributed by atoms with E-state index in [4.69, 9.17) is 4.42 Å². The lowest BCUT2D eigenvalue weighted by Gasteiger charge is -2.31. The molecule has 3 heterocycles. The fraction of sp³-hybridized carbons (Fsp3) is 0.300. The first-order valence-corrected chi connectivity index (χ1v) is 8.92. The molecule has 2 aromatic heterocycles. The van der Waals surface area contributed by atoms with Gasteiger partial charge in [0.25, 0.3) is 5.91 Å². The first kappa shape index (κ1) is 16.6. The minimum absolute atomic E-state index is 0.00807. The molecule has 0 spiro atoms. The van der Waals surface area contributed by atoms with Crippen LogP contribution in [0.3, 0.4) is 0 Å². The monoisotopic (exact) mass is 350 g/mol. The summed E-state index contributed by atoms with van der Waals surface area (Å²) in [6, 6.07) is 15.7. The van der Waals surface area contributed by atoms with Crippen LogP contribution in [-0.4, -0.2) is 46.8 Å². The quantitative estimate of drug-likeness (QED) is 0.786. The second kappa shape index (κ2) is 7.17. The minimum atomic E-state index is 0.00807. The summed E-state index contributed by atoms with van der Waals surface area (Å²) in [6.07, 6.45) is 3.54. The molecule has 1 saturated heterocycles. The Balaban J connectivity index is 1.69. The maximum absolute atomic E-state index is 13.2. The first-order valence-electron chi connectivity index (χ1n) is 8.92. The zero-order valence-electron chi connectivity index (χ0n) is 14.8. The average molecular weight is 350 g/mol. The van der Waals surface area contributed by atoms with Gasteiger partial charge in [-0.3, -0.25) is 4.79 Å². The van der Waals surface area contributed by atoms with Crippen molar-refractivity contribution in [3.63, 3.8) is 0 Å². The summed E-state index contributed by atoms with van der Waals surface area (Å²) in [5.41, 5.74) is 2.08. The van der Waals surface area contributed by atoms with Crippen molar-refractivity contribution < 1.29 is 9.21 Å². The molecule has 1 amide bonds. The van der Waals surface area contributed by atoms with Gasteiger partial charge in [-0.05, 0) is 44.2 Å². The number of likely N-dealkylation sites (tertiary alicyclic amines) is 1. The lowest BCUT2D eigenvalue weighted by atomic mass is 10.0. The third-order valence-electron chi connectivity index (χ3n) is 4.89. The lowest BCUT2D eigenvalue weighted by Crippen LogP contribution is -2.44. The van der Waals surface area contributed by atoms with Crippen molar-refractivity contribution in [3.05, 3.63) is 60.5 Å². The Bertz CT molecular complexity index is 863. The van der Waals surface area contributed by atoms with Gasteiger partial charge in [0.15, 0.2) is 5.76 Å². The van der Waals surface area contributed by atoms with Crippen LogP contribution in [0, 0.1) is 0 Å². The Morgan fingerprint density at radius 1 is 1.15 bits per heavy atom. The second-order valence-electron chi connectivity index (χ2n) is 6.49. The highest BCUT2D eigenvalue weighted by molar-refractivity contribution is 5.94. The number of carbonyl (C=O) groups is 1. The van der Waals surface area contributed by atoms with Gasteiger partial charge in [0, 0.05) is 25.2 Å². The third-order valence-corrected chi connectivity index (χ3v) is 4.89. The van der Waals surface area contributed by atoms with Gasteiger partial charge in [-0.15, -0.1) is 0 Å². The highest BCUT2D eigenvalue weighted by atomic mass is 16.3. The number of para-hydroxylation sites is 1. The van der Waals surface area contributed by atoms with E-state index in [0.29, 0.717) is 23.2 Å². The SMILES string of the molecule is CNC1CCN(C(=O)c2cc(-c3ccco3)nn2-c2ccccc2)CC1. The molecule has 1 aromatic carbocycles. The number of amides is 1. The van der Waals surface area contributed by atoms with Crippen LogP contribution in [-0.2, 0) is 0 Å². The molecular formula is C20H22N4O2. The van der Waals surface area contributed by atoms with Crippen LogP contribution in [0.25, 0.3) is 17.1 Å². The number of aromatic nitrogens is 2. The second-order valence-corrected chi connectivity index (χ2v) is 6.49. The molecule has 0 aliphatic carbocycles. The summed E-state index contributed by atoms with van der Waals surface area (Å²) >= 11 is 0. The van der Waals surface area contributed by atoms with Crippen LogP contribution < -0.4 is 5.32 Å². The molecule has 0 bridgehead atoms. The van der Waals surface area contributed by atoms with E-state index in [1.165, 1.54) is 0 Å². The molecule has 0 unspecified atom stereocenters. The molecule has 134 valence electrons. The molecule has 0 saturated carbocycles. The molecule has 1 N–H and O–H groups in total. The number of carbonyl (C=O) groups excluding carboxylic acids is 1. The summed E-state index contributed by atoms with van der Waals surface area (Å²) < 4.78 is 7.18. The fourth-order valence-electron chi connectivity index (χ4n) is 3.38. The minimum Gasteiger partial charge on any atom is -0.463 e. The molecule has 4 rings (SSSR count). The number of hydrogen-bond donors (Lipinski definition) is 1. The predicted molar refractivity (Wildman–Crippen MR) is 99.3 cm³/mol. The normalized spacial score (nSPS) is 15.3. The summed E-state index contributed by atoms with van der Waals surface area (Å²) in [5.74, 6) is 0.663. The number of furan rings is 1. The van der Waals surface area contributed by atoms with Gasteiger partial charge in [-0.2, -0.15) is 5.10 Å². The third kappa shape index (κ3) is 3.15. The van der Waals surface area contributed by atoms with Crippen molar-refractivity contribution in [2.45, 2.75) is 18.9 Å². The molecule has 3 aromatic rings. The molecule has 1 aliphatic rings. The summed E-state index contributed by atoms with van der Waals surface area (Å²) in [6.45, 7) is 1.50. The average Bonchev–Trinajstić information content (AvgIpc) is 3.38. The van der Waals surface area contributed by atoms with Crippen LogP contribution in [0.4, 0.5) is 0 Å². The standard InChI is InChI=1S/C20H22N4O2/c1-21-15-9-11-23(12-10-15)20(25)18-14-17(19-8-5-13-26-19)22-24(18)16-6-3-2-4-7-16/h2-8,13-15,21H,9-12H2,1H3. The number of piperidine rings is 1. The van der Waals surface area contributed by atoms with E-state index in [1.54, 1.807) is 10.9 Å². The van der Waals surface area contributed by atoms with E-state index in [0.717, 1.165) is 31.6 Å². The van der Waals surface area contributed by atoms with Crippen LogP contribution in [0.2, 0.25) is 0 Å². The maximum atomic E-state index is 13.2. The zero-order chi connectivity index (χ0) is 17.9. The van der Waals surface area contributed by atoms with E-state index in [9.17, 15) is 4.79 Å². The van der Waals surface area contributed by atoms with Crippen molar-refractivity contribution in [1.29, 1.82) is 0 Å². The molecule has 1 aliphatic heterocycles. The van der Waals surface area contributed by atoms with Gasteiger partial charge in [0.05, 0.1) is 12.0 Å². The van der Waals surface area contributed by atoms with E-state index in [1.807, 2.05) is 60.5 Å². The Kier molecular flexibility index (Phi) is 4.58. The van der Waals surface area contributed by atoms with Gasteiger partial charge in [0.1, 0.15) is 11.4 Å².